The van der Waals surface area contributed by atoms with Crippen molar-refractivity contribution < 1.29 is 9.66 Å². The van der Waals surface area contributed by atoms with Gasteiger partial charge in [-0.3, -0.25) is 15.1 Å². The summed E-state index contributed by atoms with van der Waals surface area (Å²) in [6.45, 7) is 0. The van der Waals surface area contributed by atoms with E-state index in [4.69, 9.17) is 10.5 Å². The highest BCUT2D eigenvalue weighted by molar-refractivity contribution is 5.72. The molecule has 18 heavy (non-hydrogen) atoms. The number of hydrogen-bond donors (Lipinski definition) is 1. The zero-order chi connectivity index (χ0) is 13.1. The summed E-state index contributed by atoms with van der Waals surface area (Å²) < 4.78 is 5.11. The zero-order valence-corrected chi connectivity index (χ0v) is 9.53. The van der Waals surface area contributed by atoms with Crippen molar-refractivity contribution in [1.29, 1.82) is 0 Å². The molecule has 2 rings (SSSR count). The fourth-order valence-corrected chi connectivity index (χ4v) is 1.52. The Bertz CT molecular complexity index is 601. The van der Waals surface area contributed by atoms with Crippen molar-refractivity contribution in [2.24, 2.45) is 0 Å². The first-order valence-corrected chi connectivity index (χ1v) is 5.03. The molecule has 7 nitrogen and oxygen atoms in total. The third-order valence-corrected chi connectivity index (χ3v) is 2.31. The number of nitrogen functional groups attached to an aromatic ring is 1. The smallest absolute Gasteiger partial charge is 0.297 e. The summed E-state index contributed by atoms with van der Waals surface area (Å²) in [6, 6.07) is 5.99. The van der Waals surface area contributed by atoms with Crippen LogP contribution in [0.4, 0.5) is 11.5 Å². The lowest BCUT2D eigenvalue weighted by Gasteiger charge is -2.07. The number of rotatable bonds is 3. The van der Waals surface area contributed by atoms with Gasteiger partial charge in [0.2, 0.25) is 0 Å². The molecule has 92 valence electrons. The number of nitrogens with two attached hydrogens (primary N) is 1. The monoisotopic (exact) mass is 246 g/mol. The van der Waals surface area contributed by atoms with Gasteiger partial charge in [-0.1, -0.05) is 0 Å². The Kier molecular flexibility index (Phi) is 3.05. The van der Waals surface area contributed by atoms with Gasteiger partial charge in [0.05, 0.1) is 12.0 Å². The molecule has 0 aliphatic heterocycles. The molecule has 0 bridgehead atoms. The average Bonchev–Trinajstić information content (AvgIpc) is 2.38. The standard InChI is InChI=1S/C11H10N4O3/c1-18-8-3-2-6-13-11(8)10-7(15(16)17)4-5-9(12)14-10/h2-6H,1H3,(H2,12,14). The van der Waals surface area contributed by atoms with E-state index < -0.39 is 4.92 Å². The molecule has 0 spiro atoms. The summed E-state index contributed by atoms with van der Waals surface area (Å²) >= 11 is 0. The Morgan fingerprint density at radius 1 is 1.33 bits per heavy atom. The van der Waals surface area contributed by atoms with Gasteiger partial charge in [-0.15, -0.1) is 0 Å². The maximum atomic E-state index is 11.0. The lowest BCUT2D eigenvalue weighted by molar-refractivity contribution is -0.384. The molecule has 0 saturated carbocycles. The van der Waals surface area contributed by atoms with Crippen LogP contribution in [0.2, 0.25) is 0 Å². The van der Waals surface area contributed by atoms with Gasteiger partial charge in [0, 0.05) is 12.3 Å². The number of methoxy groups -OCH3 is 1. The second-order valence-corrected chi connectivity index (χ2v) is 3.42. The van der Waals surface area contributed by atoms with Crippen molar-refractivity contribution >= 4 is 11.5 Å². The largest absolute Gasteiger partial charge is 0.494 e. The van der Waals surface area contributed by atoms with E-state index in [1.54, 1.807) is 12.1 Å². The fourth-order valence-electron chi connectivity index (χ4n) is 1.52. The molecular weight excluding hydrogens is 236 g/mol. The maximum absolute atomic E-state index is 11.0. The number of hydrogen-bond acceptors (Lipinski definition) is 6. The van der Waals surface area contributed by atoms with Crippen molar-refractivity contribution in [2.45, 2.75) is 0 Å². The average molecular weight is 246 g/mol. The molecule has 0 amide bonds. The summed E-state index contributed by atoms with van der Waals surface area (Å²) in [5.41, 5.74) is 5.77. The van der Waals surface area contributed by atoms with Gasteiger partial charge in [0.25, 0.3) is 5.69 Å². The van der Waals surface area contributed by atoms with Crippen LogP contribution in [0.3, 0.4) is 0 Å². The van der Waals surface area contributed by atoms with Gasteiger partial charge in [-0.05, 0) is 18.2 Å². The number of ether oxygens (including phenoxy) is 1. The molecular formula is C11H10N4O3. The SMILES string of the molecule is COc1cccnc1-c1nc(N)ccc1[N+](=O)[O-]. The Hall–Kier alpha value is -2.70. The van der Waals surface area contributed by atoms with Crippen LogP contribution in [0, 0.1) is 10.1 Å². The topological polar surface area (TPSA) is 104 Å². The minimum Gasteiger partial charge on any atom is -0.494 e. The second-order valence-electron chi connectivity index (χ2n) is 3.42. The van der Waals surface area contributed by atoms with Crippen molar-refractivity contribution in [3.8, 4) is 17.1 Å². The van der Waals surface area contributed by atoms with Gasteiger partial charge >= 0.3 is 0 Å². The van der Waals surface area contributed by atoms with Crippen LogP contribution >= 0.6 is 0 Å². The predicted molar refractivity (Wildman–Crippen MR) is 65.1 cm³/mol. The molecule has 0 atom stereocenters. The van der Waals surface area contributed by atoms with Crippen molar-refractivity contribution in [2.75, 3.05) is 12.8 Å². The molecule has 2 aromatic heterocycles. The van der Waals surface area contributed by atoms with E-state index >= 15 is 0 Å². The summed E-state index contributed by atoms with van der Waals surface area (Å²) in [4.78, 5) is 18.5. The number of anilines is 1. The number of nitro groups is 1. The van der Waals surface area contributed by atoms with E-state index in [0.29, 0.717) is 11.4 Å². The second kappa shape index (κ2) is 4.66. The Labute approximate surface area is 102 Å². The molecule has 0 radical (unpaired) electrons. The summed E-state index contributed by atoms with van der Waals surface area (Å²) in [7, 11) is 1.46. The highest BCUT2D eigenvalue weighted by Crippen LogP contribution is 2.32. The van der Waals surface area contributed by atoms with Crippen molar-refractivity contribution in [3.05, 3.63) is 40.6 Å². The van der Waals surface area contributed by atoms with Crippen LogP contribution in [0.5, 0.6) is 5.75 Å². The molecule has 0 aromatic carbocycles. The van der Waals surface area contributed by atoms with E-state index in [1.807, 2.05) is 0 Å². The molecule has 0 unspecified atom stereocenters. The van der Waals surface area contributed by atoms with Gasteiger partial charge in [0.1, 0.15) is 17.3 Å². The zero-order valence-electron chi connectivity index (χ0n) is 9.53. The normalized spacial score (nSPS) is 10.1. The molecule has 7 heteroatoms. The van der Waals surface area contributed by atoms with Crippen LogP contribution in [-0.4, -0.2) is 22.0 Å². The minimum absolute atomic E-state index is 0.0949. The Morgan fingerprint density at radius 3 is 2.78 bits per heavy atom. The lowest BCUT2D eigenvalue weighted by Crippen LogP contribution is -2.00. The number of aromatic nitrogens is 2. The van der Waals surface area contributed by atoms with Crippen molar-refractivity contribution in [1.82, 2.24) is 9.97 Å². The van der Waals surface area contributed by atoms with Crippen LogP contribution in [0.1, 0.15) is 0 Å². The third kappa shape index (κ3) is 2.05. The minimum atomic E-state index is -0.532. The summed E-state index contributed by atoms with van der Waals surface area (Å²) in [6.07, 6.45) is 1.51. The first-order chi connectivity index (χ1) is 8.63. The first kappa shape index (κ1) is 11.8. The van der Waals surface area contributed by atoms with E-state index in [0.717, 1.165) is 0 Å². The first-order valence-electron chi connectivity index (χ1n) is 5.03. The van der Waals surface area contributed by atoms with Gasteiger partial charge < -0.3 is 10.5 Å². The fraction of sp³-hybridized carbons (Fsp3) is 0.0909. The summed E-state index contributed by atoms with van der Waals surface area (Å²) in [5.74, 6) is 0.585. The number of pyridine rings is 2. The lowest BCUT2D eigenvalue weighted by atomic mass is 10.2. The van der Waals surface area contributed by atoms with E-state index in [2.05, 4.69) is 9.97 Å². The molecule has 2 aromatic rings. The molecule has 0 aliphatic carbocycles. The van der Waals surface area contributed by atoms with Crippen LogP contribution in [-0.2, 0) is 0 Å². The predicted octanol–water partition coefficient (Wildman–Crippen LogP) is 1.64. The van der Waals surface area contributed by atoms with E-state index in [1.165, 1.54) is 25.4 Å². The van der Waals surface area contributed by atoms with Gasteiger partial charge in [-0.2, -0.15) is 0 Å². The highest BCUT2D eigenvalue weighted by Gasteiger charge is 2.21. The molecule has 0 saturated heterocycles. The quantitative estimate of drug-likeness (QED) is 0.652. The Balaban J connectivity index is 2.69. The van der Waals surface area contributed by atoms with Crippen LogP contribution in [0.15, 0.2) is 30.5 Å². The van der Waals surface area contributed by atoms with Gasteiger partial charge in [-0.25, -0.2) is 4.98 Å². The molecule has 0 aliphatic rings. The number of nitrogens with zero attached hydrogens (tertiary/aromatic N) is 3. The van der Waals surface area contributed by atoms with Gasteiger partial charge in [0.15, 0.2) is 5.69 Å². The molecule has 0 fully saturated rings. The van der Waals surface area contributed by atoms with Crippen LogP contribution in [0.25, 0.3) is 11.4 Å². The van der Waals surface area contributed by atoms with E-state index in [9.17, 15) is 10.1 Å². The van der Waals surface area contributed by atoms with Crippen LogP contribution < -0.4 is 10.5 Å². The maximum Gasteiger partial charge on any atom is 0.297 e. The van der Waals surface area contributed by atoms with E-state index in [-0.39, 0.29) is 17.2 Å². The molecule has 2 heterocycles. The summed E-state index contributed by atoms with van der Waals surface area (Å²) in [5, 5.41) is 11.0. The Morgan fingerprint density at radius 2 is 2.11 bits per heavy atom. The highest BCUT2D eigenvalue weighted by atomic mass is 16.6. The third-order valence-electron chi connectivity index (χ3n) is 2.31. The molecule has 2 N–H and O–H groups in total. The van der Waals surface area contributed by atoms with Crippen molar-refractivity contribution in [3.63, 3.8) is 0 Å².